The molecule has 206 valence electrons. The van der Waals surface area contributed by atoms with E-state index in [9.17, 15) is 18.4 Å². The lowest BCUT2D eigenvalue weighted by Crippen LogP contribution is -2.07. The Hall–Kier alpha value is -5.30. The van der Waals surface area contributed by atoms with Crippen LogP contribution >= 0.6 is 0 Å². The second-order valence-electron chi connectivity index (χ2n) is 9.20. The van der Waals surface area contributed by atoms with Crippen LogP contribution in [0.25, 0.3) is 33.4 Å². The Morgan fingerprint density at radius 2 is 1.00 bits per heavy atom. The summed E-state index contributed by atoms with van der Waals surface area (Å²) in [7, 11) is 0. The molecule has 0 N–H and O–H groups in total. The molecule has 0 saturated carbocycles. The minimum absolute atomic E-state index is 0.240. The molecule has 4 aromatic rings. The van der Waals surface area contributed by atoms with Crippen LogP contribution in [-0.2, 0) is 9.59 Å². The van der Waals surface area contributed by atoms with E-state index in [1.165, 1.54) is 0 Å². The first kappa shape index (κ1) is 28.7. The van der Waals surface area contributed by atoms with Crippen molar-refractivity contribution in [2.45, 2.75) is 13.8 Å². The molecule has 0 fully saturated rings. The first-order valence-corrected chi connectivity index (χ1v) is 12.5. The molecule has 0 atom stereocenters. The average Bonchev–Trinajstić information content (AvgIpc) is 2.96. The van der Waals surface area contributed by atoms with Gasteiger partial charge in [0.15, 0.2) is 6.26 Å². The molecule has 0 radical (unpaired) electrons. The Balaban J connectivity index is 1.58. The minimum atomic E-state index is -1.96. The van der Waals surface area contributed by atoms with E-state index in [0.717, 1.165) is 27.8 Å². The van der Waals surface area contributed by atoms with E-state index in [1.54, 1.807) is 62.4 Å². The zero-order valence-corrected chi connectivity index (χ0v) is 22.4. The molecule has 0 saturated heterocycles. The maximum atomic E-state index is 12.9. The van der Waals surface area contributed by atoms with Gasteiger partial charge in [-0.05, 0) is 72.0 Å². The quantitative estimate of drug-likeness (QED) is 0.0899. The lowest BCUT2D eigenvalue weighted by Gasteiger charge is -2.13. The Kier molecular flexibility index (Phi) is 8.89. The van der Waals surface area contributed by atoms with Gasteiger partial charge in [-0.1, -0.05) is 73.8 Å². The van der Waals surface area contributed by atoms with Gasteiger partial charge in [-0.15, -0.1) is 0 Å². The third-order valence-electron chi connectivity index (χ3n) is 5.95. The number of benzene rings is 4. The second-order valence-corrected chi connectivity index (χ2v) is 9.20. The number of halogens is 2. The Bertz CT molecular complexity index is 1630. The van der Waals surface area contributed by atoms with Crippen LogP contribution in [0.4, 0.5) is 8.78 Å². The van der Waals surface area contributed by atoms with Gasteiger partial charge < -0.3 is 14.2 Å². The van der Waals surface area contributed by atoms with E-state index in [0.29, 0.717) is 28.9 Å². The van der Waals surface area contributed by atoms with Gasteiger partial charge in [0.25, 0.3) is 0 Å². The zero-order chi connectivity index (χ0) is 29.5. The number of hydrogen-bond acceptors (Lipinski definition) is 5. The van der Waals surface area contributed by atoms with Crippen LogP contribution in [-0.4, -0.2) is 11.9 Å². The number of ether oxygens (including phenoxy) is 3. The van der Waals surface area contributed by atoms with Crippen LogP contribution in [0, 0.1) is 0 Å². The van der Waals surface area contributed by atoms with E-state index in [1.807, 2.05) is 42.5 Å². The fourth-order valence-electron chi connectivity index (χ4n) is 3.81. The highest BCUT2D eigenvalue weighted by atomic mass is 19.3. The molecule has 0 aromatic heterocycles. The van der Waals surface area contributed by atoms with E-state index in [2.05, 4.69) is 13.2 Å². The predicted octanol–water partition coefficient (Wildman–Crippen LogP) is 8.77. The molecule has 5 nitrogen and oxygen atoms in total. The SMILES string of the molecule is C=C(C)C(=O)Oc1ccc(-c2ccc(-c3ccc(-c4ccc(OC(=O)C(=C)C)cc4)cc3OC=C(F)F)cc2)cc1. The molecule has 0 bridgehead atoms. The molecule has 4 rings (SSSR count). The van der Waals surface area contributed by atoms with Crippen molar-refractivity contribution in [3.63, 3.8) is 0 Å². The smallest absolute Gasteiger partial charge is 0.338 e. The van der Waals surface area contributed by atoms with Crippen molar-refractivity contribution in [2.24, 2.45) is 0 Å². The summed E-state index contributed by atoms with van der Waals surface area (Å²) in [4.78, 5) is 23.5. The summed E-state index contributed by atoms with van der Waals surface area (Å²) in [6.07, 6.45) is -1.56. The van der Waals surface area contributed by atoms with Gasteiger partial charge in [0.2, 0.25) is 0 Å². The van der Waals surface area contributed by atoms with E-state index in [4.69, 9.17) is 14.2 Å². The third kappa shape index (κ3) is 7.42. The maximum Gasteiger partial charge on any atom is 0.338 e. The van der Waals surface area contributed by atoms with Crippen molar-refractivity contribution in [3.05, 3.63) is 128 Å². The average molecular weight is 553 g/mol. The first-order valence-electron chi connectivity index (χ1n) is 12.5. The van der Waals surface area contributed by atoms with Crippen LogP contribution in [0.2, 0.25) is 0 Å². The summed E-state index contributed by atoms with van der Waals surface area (Å²) < 4.78 is 41.7. The molecule has 0 aliphatic rings. The molecule has 4 aromatic carbocycles. The molecule has 0 aliphatic carbocycles. The van der Waals surface area contributed by atoms with Crippen LogP contribution in [0.15, 0.2) is 128 Å². The van der Waals surface area contributed by atoms with Crippen LogP contribution in [0.5, 0.6) is 17.2 Å². The first-order chi connectivity index (χ1) is 19.6. The van der Waals surface area contributed by atoms with Gasteiger partial charge in [-0.2, -0.15) is 8.78 Å². The molecule has 0 amide bonds. The number of hydrogen-bond donors (Lipinski definition) is 0. The highest BCUT2D eigenvalue weighted by Gasteiger charge is 2.12. The summed E-state index contributed by atoms with van der Waals surface area (Å²) >= 11 is 0. The van der Waals surface area contributed by atoms with E-state index >= 15 is 0 Å². The van der Waals surface area contributed by atoms with Gasteiger partial charge in [0.1, 0.15) is 17.2 Å². The zero-order valence-electron chi connectivity index (χ0n) is 22.4. The Morgan fingerprint density at radius 1 is 0.610 bits per heavy atom. The lowest BCUT2D eigenvalue weighted by molar-refractivity contribution is -0.130. The maximum absolute atomic E-state index is 12.9. The minimum Gasteiger partial charge on any atom is -0.459 e. The highest BCUT2D eigenvalue weighted by molar-refractivity contribution is 5.89. The number of carbonyl (C=O) groups excluding carboxylic acids is 2. The fourth-order valence-corrected chi connectivity index (χ4v) is 3.81. The van der Waals surface area contributed by atoms with Crippen molar-refractivity contribution in [2.75, 3.05) is 0 Å². The summed E-state index contributed by atoms with van der Waals surface area (Å²) in [5, 5.41) is 0. The molecule has 0 aliphatic heterocycles. The van der Waals surface area contributed by atoms with Gasteiger partial charge >= 0.3 is 18.0 Å². The van der Waals surface area contributed by atoms with Crippen molar-refractivity contribution in [1.29, 1.82) is 0 Å². The van der Waals surface area contributed by atoms with Gasteiger partial charge in [0, 0.05) is 16.7 Å². The fraction of sp³-hybridized carbons (Fsp3) is 0.0588. The number of esters is 2. The van der Waals surface area contributed by atoms with Crippen molar-refractivity contribution in [3.8, 4) is 50.6 Å². The molecular weight excluding hydrogens is 526 g/mol. The normalized spacial score (nSPS) is 10.3. The standard InChI is InChI=1S/C34H26F2O5/c1-21(2)33(37)40-28-14-9-24(10-15-28)23-5-7-26(8-6-23)30-18-13-27(19-31(30)39-20-32(35)36)25-11-16-29(17-12-25)41-34(38)22(3)4/h5-20H,1,3H2,2,4H3. The predicted molar refractivity (Wildman–Crippen MR) is 155 cm³/mol. The van der Waals surface area contributed by atoms with Gasteiger partial charge in [-0.3, -0.25) is 0 Å². The van der Waals surface area contributed by atoms with Crippen molar-refractivity contribution >= 4 is 11.9 Å². The molecule has 7 heteroatoms. The molecule has 41 heavy (non-hydrogen) atoms. The Morgan fingerprint density at radius 3 is 1.44 bits per heavy atom. The van der Waals surface area contributed by atoms with E-state index < -0.39 is 18.0 Å². The molecule has 0 heterocycles. The lowest BCUT2D eigenvalue weighted by atomic mass is 9.97. The summed E-state index contributed by atoms with van der Waals surface area (Å²) in [6.45, 7) is 10.3. The van der Waals surface area contributed by atoms with Gasteiger partial charge in [-0.25, -0.2) is 9.59 Å². The summed E-state index contributed by atoms with van der Waals surface area (Å²) in [5.41, 5.74) is 5.28. The van der Waals surface area contributed by atoms with Crippen LogP contribution in [0.3, 0.4) is 0 Å². The van der Waals surface area contributed by atoms with Gasteiger partial charge in [0.05, 0.1) is 0 Å². The van der Waals surface area contributed by atoms with Crippen LogP contribution in [0.1, 0.15) is 13.8 Å². The molecule has 0 spiro atoms. The molecular formula is C34H26F2O5. The van der Waals surface area contributed by atoms with Crippen molar-refractivity contribution < 1.29 is 32.6 Å². The van der Waals surface area contributed by atoms with E-state index in [-0.39, 0.29) is 11.3 Å². The number of rotatable bonds is 9. The highest BCUT2D eigenvalue weighted by Crippen LogP contribution is 2.36. The van der Waals surface area contributed by atoms with Crippen molar-refractivity contribution in [1.82, 2.24) is 0 Å². The summed E-state index contributed by atoms with van der Waals surface area (Å²) in [6, 6.07) is 26.7. The second kappa shape index (κ2) is 12.7. The third-order valence-corrected chi connectivity index (χ3v) is 5.95. The monoisotopic (exact) mass is 552 g/mol. The summed E-state index contributed by atoms with van der Waals surface area (Å²) in [5.74, 6) is 0.0000109. The topological polar surface area (TPSA) is 61.8 Å². The largest absolute Gasteiger partial charge is 0.459 e. The molecule has 0 unspecified atom stereocenters. The number of carbonyl (C=O) groups is 2. The Labute approximate surface area is 236 Å². The van der Waals surface area contributed by atoms with Crippen LogP contribution < -0.4 is 14.2 Å².